The first-order valence-corrected chi connectivity index (χ1v) is 6.52. The number of hydrogen-bond acceptors (Lipinski definition) is 4. The molecule has 4 nitrogen and oxygen atoms in total. The van der Waals surface area contributed by atoms with Crippen LogP contribution in [0.5, 0.6) is 17.2 Å². The van der Waals surface area contributed by atoms with Crippen molar-refractivity contribution in [2.24, 2.45) is 0 Å². The molecule has 0 bridgehead atoms. The quantitative estimate of drug-likeness (QED) is 0.881. The maximum absolute atomic E-state index is 14.0. The Labute approximate surface area is 123 Å². The Morgan fingerprint density at radius 3 is 2.43 bits per heavy atom. The molecule has 2 aromatic carbocycles. The third-order valence-electron chi connectivity index (χ3n) is 3.23. The molecule has 0 aliphatic heterocycles. The van der Waals surface area contributed by atoms with Gasteiger partial charge in [0.25, 0.3) is 0 Å². The Morgan fingerprint density at radius 1 is 1.10 bits per heavy atom. The molecular weight excluding hydrogens is 273 g/mol. The predicted octanol–water partition coefficient (Wildman–Crippen LogP) is 3.72. The van der Waals surface area contributed by atoms with E-state index in [1.807, 2.05) is 6.92 Å². The van der Waals surface area contributed by atoms with E-state index in [9.17, 15) is 9.50 Å². The molecule has 112 valence electrons. The minimum Gasteiger partial charge on any atom is -0.504 e. The fourth-order valence-corrected chi connectivity index (χ4v) is 2.22. The third-order valence-corrected chi connectivity index (χ3v) is 3.23. The first kappa shape index (κ1) is 15.0. The number of benzene rings is 2. The molecule has 0 saturated carbocycles. The van der Waals surface area contributed by atoms with E-state index in [1.165, 1.54) is 26.4 Å². The lowest BCUT2D eigenvalue weighted by atomic mass is 10.1. The van der Waals surface area contributed by atoms with Crippen molar-refractivity contribution in [1.82, 2.24) is 0 Å². The van der Waals surface area contributed by atoms with Gasteiger partial charge >= 0.3 is 0 Å². The maximum atomic E-state index is 14.0. The van der Waals surface area contributed by atoms with Crippen molar-refractivity contribution >= 4 is 5.69 Å². The Bertz CT molecular complexity index is 631. The van der Waals surface area contributed by atoms with Crippen LogP contribution >= 0.6 is 0 Å². The number of methoxy groups -OCH3 is 2. The molecule has 0 aromatic heterocycles. The van der Waals surface area contributed by atoms with Gasteiger partial charge in [-0.05, 0) is 31.2 Å². The van der Waals surface area contributed by atoms with Gasteiger partial charge in [-0.15, -0.1) is 0 Å². The van der Waals surface area contributed by atoms with E-state index in [1.54, 1.807) is 24.3 Å². The zero-order chi connectivity index (χ0) is 15.4. The van der Waals surface area contributed by atoms with Crippen molar-refractivity contribution in [2.75, 3.05) is 19.5 Å². The fourth-order valence-electron chi connectivity index (χ4n) is 2.22. The Kier molecular flexibility index (Phi) is 4.52. The van der Waals surface area contributed by atoms with Crippen LogP contribution in [-0.2, 0) is 0 Å². The average Bonchev–Trinajstić information content (AvgIpc) is 2.46. The van der Waals surface area contributed by atoms with Crippen LogP contribution in [0.15, 0.2) is 36.4 Å². The summed E-state index contributed by atoms with van der Waals surface area (Å²) in [6.45, 7) is 1.82. The van der Waals surface area contributed by atoms with Gasteiger partial charge in [0.1, 0.15) is 11.6 Å². The normalized spacial score (nSPS) is 11.8. The summed E-state index contributed by atoms with van der Waals surface area (Å²) in [4.78, 5) is 0. The summed E-state index contributed by atoms with van der Waals surface area (Å²) in [5.74, 6) is 0.548. The molecule has 0 radical (unpaired) electrons. The van der Waals surface area contributed by atoms with Crippen molar-refractivity contribution in [3.05, 3.63) is 47.8 Å². The van der Waals surface area contributed by atoms with Gasteiger partial charge in [-0.25, -0.2) is 4.39 Å². The smallest absolute Gasteiger partial charge is 0.160 e. The Hall–Kier alpha value is -2.43. The molecule has 0 fully saturated rings. The van der Waals surface area contributed by atoms with E-state index in [-0.39, 0.29) is 17.6 Å². The lowest BCUT2D eigenvalue weighted by Gasteiger charge is -2.19. The Morgan fingerprint density at radius 2 is 1.81 bits per heavy atom. The summed E-state index contributed by atoms with van der Waals surface area (Å²) in [6.07, 6.45) is 0. The molecule has 0 aliphatic carbocycles. The molecule has 0 amide bonds. The van der Waals surface area contributed by atoms with E-state index in [4.69, 9.17) is 9.47 Å². The summed E-state index contributed by atoms with van der Waals surface area (Å²) in [6, 6.07) is 9.30. The molecule has 0 aliphatic rings. The monoisotopic (exact) mass is 291 g/mol. The molecule has 1 atom stereocenters. The number of nitrogens with one attached hydrogen (secondary N) is 1. The molecule has 1 unspecified atom stereocenters. The minimum absolute atomic E-state index is 0.0233. The van der Waals surface area contributed by atoms with Crippen LogP contribution in [0.4, 0.5) is 10.1 Å². The van der Waals surface area contributed by atoms with Crippen LogP contribution in [0, 0.1) is 5.82 Å². The number of ether oxygens (including phenoxy) is 2. The van der Waals surface area contributed by atoms with Crippen molar-refractivity contribution < 1.29 is 19.0 Å². The zero-order valence-electron chi connectivity index (χ0n) is 12.2. The van der Waals surface area contributed by atoms with E-state index in [0.29, 0.717) is 22.7 Å². The van der Waals surface area contributed by atoms with Gasteiger partial charge in [-0.3, -0.25) is 0 Å². The molecule has 2 aromatic rings. The van der Waals surface area contributed by atoms with Crippen LogP contribution < -0.4 is 14.8 Å². The number of halogens is 1. The Balaban J connectivity index is 2.26. The molecular formula is C16H18FNO3. The second-order valence-electron chi connectivity index (χ2n) is 4.61. The SMILES string of the molecule is COc1ccc(NC(C)c2c(F)cccc2OC)cc1O. The number of phenolic OH excluding ortho intramolecular Hbond substituents is 1. The van der Waals surface area contributed by atoms with E-state index in [0.717, 1.165) is 0 Å². The average molecular weight is 291 g/mol. The second kappa shape index (κ2) is 6.35. The topological polar surface area (TPSA) is 50.7 Å². The van der Waals surface area contributed by atoms with Gasteiger partial charge in [-0.2, -0.15) is 0 Å². The second-order valence-corrected chi connectivity index (χ2v) is 4.61. The first-order chi connectivity index (χ1) is 10.1. The van der Waals surface area contributed by atoms with Crippen molar-refractivity contribution in [3.63, 3.8) is 0 Å². The largest absolute Gasteiger partial charge is 0.504 e. The third kappa shape index (κ3) is 3.18. The van der Waals surface area contributed by atoms with Gasteiger partial charge < -0.3 is 19.9 Å². The highest BCUT2D eigenvalue weighted by Gasteiger charge is 2.16. The first-order valence-electron chi connectivity index (χ1n) is 6.52. The number of anilines is 1. The highest BCUT2D eigenvalue weighted by Crippen LogP contribution is 2.33. The predicted molar refractivity (Wildman–Crippen MR) is 79.6 cm³/mol. The molecule has 0 spiro atoms. The highest BCUT2D eigenvalue weighted by atomic mass is 19.1. The summed E-state index contributed by atoms with van der Waals surface area (Å²) >= 11 is 0. The van der Waals surface area contributed by atoms with E-state index < -0.39 is 0 Å². The number of aromatic hydroxyl groups is 1. The van der Waals surface area contributed by atoms with Crippen LogP contribution in [0.2, 0.25) is 0 Å². The minimum atomic E-state index is -0.341. The van der Waals surface area contributed by atoms with Gasteiger partial charge in [0.05, 0.1) is 25.8 Å². The van der Waals surface area contributed by atoms with Gasteiger partial charge in [0.15, 0.2) is 11.5 Å². The van der Waals surface area contributed by atoms with Crippen molar-refractivity contribution in [3.8, 4) is 17.2 Å². The zero-order valence-corrected chi connectivity index (χ0v) is 12.2. The van der Waals surface area contributed by atoms with Gasteiger partial charge in [0.2, 0.25) is 0 Å². The molecule has 0 heterocycles. The van der Waals surface area contributed by atoms with Crippen molar-refractivity contribution in [1.29, 1.82) is 0 Å². The standard InChI is InChI=1S/C16H18FNO3/c1-10(16-12(17)5-4-6-15(16)21-3)18-11-7-8-14(20-2)13(19)9-11/h4-10,18-19H,1-3H3. The number of phenols is 1. The molecule has 0 saturated heterocycles. The van der Waals surface area contributed by atoms with Gasteiger partial charge in [0, 0.05) is 11.8 Å². The van der Waals surface area contributed by atoms with Crippen LogP contribution in [0.3, 0.4) is 0 Å². The lowest BCUT2D eigenvalue weighted by molar-refractivity contribution is 0.373. The summed E-state index contributed by atoms with van der Waals surface area (Å²) in [5.41, 5.74) is 1.10. The summed E-state index contributed by atoms with van der Waals surface area (Å²) < 4.78 is 24.2. The van der Waals surface area contributed by atoms with E-state index >= 15 is 0 Å². The molecule has 5 heteroatoms. The summed E-state index contributed by atoms with van der Waals surface area (Å²) in [7, 11) is 2.99. The van der Waals surface area contributed by atoms with Crippen LogP contribution in [0.1, 0.15) is 18.5 Å². The van der Waals surface area contributed by atoms with Crippen LogP contribution in [0.25, 0.3) is 0 Å². The lowest BCUT2D eigenvalue weighted by Crippen LogP contribution is -2.10. The van der Waals surface area contributed by atoms with Crippen molar-refractivity contribution in [2.45, 2.75) is 13.0 Å². The van der Waals surface area contributed by atoms with Crippen LogP contribution in [-0.4, -0.2) is 19.3 Å². The maximum Gasteiger partial charge on any atom is 0.160 e. The number of hydrogen-bond donors (Lipinski definition) is 2. The van der Waals surface area contributed by atoms with Gasteiger partial charge in [-0.1, -0.05) is 6.07 Å². The molecule has 2 rings (SSSR count). The highest BCUT2D eigenvalue weighted by molar-refractivity contribution is 5.55. The fraction of sp³-hybridized carbons (Fsp3) is 0.250. The molecule has 2 N–H and O–H groups in total. The number of rotatable bonds is 5. The summed E-state index contributed by atoms with van der Waals surface area (Å²) in [5, 5.41) is 12.9. The molecule has 21 heavy (non-hydrogen) atoms. The van der Waals surface area contributed by atoms with E-state index in [2.05, 4.69) is 5.32 Å².